The van der Waals surface area contributed by atoms with E-state index in [1.54, 1.807) is 7.11 Å². The van der Waals surface area contributed by atoms with Gasteiger partial charge in [0.15, 0.2) is 5.17 Å². The molecular formula is C21H28N4OS. The van der Waals surface area contributed by atoms with E-state index >= 15 is 0 Å². The molecule has 0 saturated carbocycles. The van der Waals surface area contributed by atoms with Crippen molar-refractivity contribution in [1.29, 1.82) is 0 Å². The average Bonchev–Trinajstić information content (AvgIpc) is 3.25. The molecule has 0 N–H and O–H groups in total. The third-order valence-electron chi connectivity index (χ3n) is 5.84. The Labute approximate surface area is 165 Å². The smallest absolute Gasteiger partial charge is 0.160 e. The van der Waals surface area contributed by atoms with Gasteiger partial charge in [0.05, 0.1) is 18.3 Å². The first-order valence-corrected chi connectivity index (χ1v) is 10.5. The molecule has 2 aliphatic rings. The molecule has 3 atom stereocenters. The number of amidine groups is 1. The Bertz CT molecular complexity index is 861. The molecule has 0 unspecified atom stereocenters. The minimum Gasteiger partial charge on any atom is -0.383 e. The normalized spacial score (nSPS) is 24.4. The second-order valence-electron chi connectivity index (χ2n) is 7.49. The molecule has 0 spiro atoms. The monoisotopic (exact) mass is 384 g/mol. The summed E-state index contributed by atoms with van der Waals surface area (Å²) in [6.45, 7) is 11.6. The van der Waals surface area contributed by atoms with E-state index in [1.807, 2.05) is 24.0 Å². The van der Waals surface area contributed by atoms with Gasteiger partial charge >= 0.3 is 0 Å². The summed E-state index contributed by atoms with van der Waals surface area (Å²) < 4.78 is 7.73. The van der Waals surface area contributed by atoms with Gasteiger partial charge in [-0.15, -0.1) is 0 Å². The molecule has 0 aliphatic carbocycles. The van der Waals surface area contributed by atoms with Crippen molar-refractivity contribution in [2.45, 2.75) is 51.6 Å². The van der Waals surface area contributed by atoms with Crippen molar-refractivity contribution in [2.24, 2.45) is 4.99 Å². The van der Waals surface area contributed by atoms with Crippen LogP contribution < -0.4 is 0 Å². The van der Waals surface area contributed by atoms with Gasteiger partial charge in [-0.05, 0) is 38.5 Å². The van der Waals surface area contributed by atoms with Crippen LogP contribution in [-0.4, -0.2) is 45.1 Å². The number of fused-ring (bicyclic) bond motifs is 1. The third-order valence-corrected chi connectivity index (χ3v) is 6.94. The molecule has 144 valence electrons. The van der Waals surface area contributed by atoms with E-state index in [2.05, 4.69) is 54.3 Å². The topological polar surface area (TPSA) is 42.6 Å². The number of ether oxygens (including phenoxy) is 1. The summed E-state index contributed by atoms with van der Waals surface area (Å²) in [6.07, 6.45) is 1.88. The van der Waals surface area contributed by atoms with Crippen LogP contribution in [0.4, 0.5) is 0 Å². The number of hydrogen-bond donors (Lipinski definition) is 0. The van der Waals surface area contributed by atoms with Crippen LogP contribution in [0.3, 0.4) is 0 Å². The summed E-state index contributed by atoms with van der Waals surface area (Å²) in [6, 6.07) is 6.41. The maximum Gasteiger partial charge on any atom is 0.160 e. The summed E-state index contributed by atoms with van der Waals surface area (Å²) in [5.41, 5.74) is 6.49. The third kappa shape index (κ3) is 3.09. The van der Waals surface area contributed by atoms with E-state index in [0.717, 1.165) is 25.4 Å². The first kappa shape index (κ1) is 18.6. The molecule has 27 heavy (non-hydrogen) atoms. The van der Waals surface area contributed by atoms with Crippen molar-refractivity contribution < 1.29 is 4.74 Å². The molecule has 0 bridgehead atoms. The van der Waals surface area contributed by atoms with Crippen LogP contribution in [-0.2, 0) is 11.3 Å². The zero-order valence-electron chi connectivity index (χ0n) is 16.8. The molecule has 2 aromatic rings. The number of pyridine rings is 1. The molecular weight excluding hydrogens is 356 g/mol. The number of aromatic nitrogens is 2. The quantitative estimate of drug-likeness (QED) is 0.780. The molecule has 0 radical (unpaired) electrons. The summed E-state index contributed by atoms with van der Waals surface area (Å²) in [7, 11) is 1.76. The van der Waals surface area contributed by atoms with Gasteiger partial charge in [-0.3, -0.25) is 9.98 Å². The van der Waals surface area contributed by atoms with Gasteiger partial charge in [0.1, 0.15) is 6.04 Å². The van der Waals surface area contributed by atoms with Crippen LogP contribution in [0.25, 0.3) is 0 Å². The molecule has 2 aromatic heterocycles. The highest BCUT2D eigenvalue weighted by Gasteiger charge is 2.45. The molecule has 0 amide bonds. The SMILES string of the molecule is COCCn1c(C)c(C)c([C@@H]2[C@H](c3ccccn3)N=C3S[C@H](C)CN32)c1C. The van der Waals surface area contributed by atoms with Gasteiger partial charge in [-0.2, -0.15) is 0 Å². The minimum absolute atomic E-state index is 0.0521. The summed E-state index contributed by atoms with van der Waals surface area (Å²) in [5.74, 6) is 0. The van der Waals surface area contributed by atoms with E-state index in [0.29, 0.717) is 5.25 Å². The molecule has 1 fully saturated rings. The lowest BCUT2D eigenvalue weighted by Crippen LogP contribution is -2.29. The molecule has 2 aliphatic heterocycles. The number of aliphatic imine (C=N–C) groups is 1. The fraction of sp³-hybridized carbons (Fsp3) is 0.524. The predicted molar refractivity (Wildman–Crippen MR) is 111 cm³/mol. The highest BCUT2D eigenvalue weighted by molar-refractivity contribution is 8.14. The Morgan fingerprint density at radius 2 is 2.04 bits per heavy atom. The Morgan fingerprint density at radius 1 is 1.22 bits per heavy atom. The van der Waals surface area contributed by atoms with Gasteiger partial charge in [0.2, 0.25) is 0 Å². The van der Waals surface area contributed by atoms with Crippen molar-refractivity contribution >= 4 is 16.9 Å². The molecule has 6 heteroatoms. The van der Waals surface area contributed by atoms with Crippen molar-refractivity contribution in [3.05, 3.63) is 52.6 Å². The van der Waals surface area contributed by atoms with Crippen LogP contribution in [0.1, 0.15) is 47.2 Å². The van der Waals surface area contributed by atoms with E-state index in [4.69, 9.17) is 9.73 Å². The number of nitrogens with zero attached hydrogens (tertiary/aromatic N) is 4. The largest absolute Gasteiger partial charge is 0.383 e. The van der Waals surface area contributed by atoms with E-state index in [1.165, 1.54) is 27.7 Å². The van der Waals surface area contributed by atoms with Gasteiger partial charge < -0.3 is 14.2 Å². The van der Waals surface area contributed by atoms with E-state index in [-0.39, 0.29) is 12.1 Å². The Hall–Kier alpha value is -1.79. The van der Waals surface area contributed by atoms with Crippen LogP contribution >= 0.6 is 11.8 Å². The van der Waals surface area contributed by atoms with E-state index in [9.17, 15) is 0 Å². The van der Waals surface area contributed by atoms with Crippen LogP contribution in [0.15, 0.2) is 29.4 Å². The Morgan fingerprint density at radius 3 is 2.74 bits per heavy atom. The van der Waals surface area contributed by atoms with Gasteiger partial charge in [0, 0.05) is 48.6 Å². The zero-order chi connectivity index (χ0) is 19.1. The van der Waals surface area contributed by atoms with Crippen molar-refractivity contribution in [3.8, 4) is 0 Å². The lowest BCUT2D eigenvalue weighted by molar-refractivity contribution is 0.186. The summed E-state index contributed by atoms with van der Waals surface area (Å²) in [5, 5.41) is 1.75. The number of thioether (sulfide) groups is 1. The lowest BCUT2D eigenvalue weighted by Gasteiger charge is -2.28. The van der Waals surface area contributed by atoms with Gasteiger partial charge in [-0.1, -0.05) is 24.8 Å². The number of hydrogen-bond acceptors (Lipinski definition) is 5. The second kappa shape index (κ2) is 7.32. The first-order valence-electron chi connectivity index (χ1n) is 9.60. The fourth-order valence-corrected chi connectivity index (χ4v) is 5.54. The highest BCUT2D eigenvalue weighted by atomic mass is 32.2. The first-order chi connectivity index (χ1) is 13.0. The van der Waals surface area contributed by atoms with E-state index < -0.39 is 0 Å². The van der Waals surface area contributed by atoms with Crippen LogP contribution in [0, 0.1) is 20.8 Å². The Balaban J connectivity index is 1.81. The van der Waals surface area contributed by atoms with Gasteiger partial charge in [-0.25, -0.2) is 0 Å². The maximum absolute atomic E-state index is 5.34. The summed E-state index contributed by atoms with van der Waals surface area (Å²) >= 11 is 1.89. The Kier molecular flexibility index (Phi) is 5.03. The van der Waals surface area contributed by atoms with Crippen LogP contribution in [0.5, 0.6) is 0 Å². The standard InChI is InChI=1S/C21H28N4OS/c1-13-12-25-20(18-14(2)15(3)24(16(18)4)10-11-26-5)19(23-21(25)27-13)17-8-6-7-9-22-17/h6-9,13,19-20H,10-12H2,1-5H3/t13-,19+,20-/m1/s1. The fourth-order valence-electron chi connectivity index (χ4n) is 4.45. The van der Waals surface area contributed by atoms with Crippen molar-refractivity contribution in [2.75, 3.05) is 20.3 Å². The zero-order valence-corrected chi connectivity index (χ0v) is 17.6. The molecule has 1 saturated heterocycles. The molecule has 5 nitrogen and oxygen atoms in total. The molecule has 0 aromatic carbocycles. The lowest BCUT2D eigenvalue weighted by atomic mass is 9.93. The van der Waals surface area contributed by atoms with Gasteiger partial charge in [0.25, 0.3) is 0 Å². The molecule has 4 rings (SSSR count). The number of methoxy groups -OCH3 is 1. The maximum atomic E-state index is 5.34. The predicted octanol–water partition coefficient (Wildman–Crippen LogP) is 4.04. The van der Waals surface area contributed by atoms with Crippen LogP contribution in [0.2, 0.25) is 0 Å². The minimum atomic E-state index is 0.0521. The molecule has 4 heterocycles. The van der Waals surface area contributed by atoms with Crippen molar-refractivity contribution in [1.82, 2.24) is 14.5 Å². The summed E-state index contributed by atoms with van der Waals surface area (Å²) in [4.78, 5) is 12.3. The second-order valence-corrected chi connectivity index (χ2v) is 8.90. The van der Waals surface area contributed by atoms with Crippen molar-refractivity contribution in [3.63, 3.8) is 0 Å². The highest BCUT2D eigenvalue weighted by Crippen LogP contribution is 2.49. The number of rotatable bonds is 5. The average molecular weight is 385 g/mol.